The zero-order valence-corrected chi connectivity index (χ0v) is 17.8. The zero-order chi connectivity index (χ0) is 17.8. The highest BCUT2D eigenvalue weighted by molar-refractivity contribution is 4.47. The Kier molecular flexibility index (Phi) is 140. The molecule has 0 saturated heterocycles. The van der Waals surface area contributed by atoms with Crippen molar-refractivity contribution >= 4 is 0 Å². The molecule has 0 rings (SSSR count). The predicted octanol–water partition coefficient (Wildman–Crippen LogP) is 9.13. The van der Waals surface area contributed by atoms with Gasteiger partial charge in [-0.3, -0.25) is 0 Å². The Morgan fingerprint density at radius 3 is 1.00 bits per heavy atom. The molecule has 0 radical (unpaired) electrons. The van der Waals surface area contributed by atoms with E-state index in [1.807, 2.05) is 41.5 Å². The van der Waals surface area contributed by atoms with Gasteiger partial charge in [0.15, 0.2) is 0 Å². The van der Waals surface area contributed by atoms with Gasteiger partial charge in [-0.05, 0) is 5.92 Å². The molecule has 0 aliphatic heterocycles. The second-order valence-electron chi connectivity index (χ2n) is 4.07. The molecule has 0 heteroatoms. The molecule has 1 atom stereocenters. The fraction of sp³-hybridized carbons (Fsp3) is 1.00. The molecule has 0 bridgehead atoms. The van der Waals surface area contributed by atoms with E-state index in [0.717, 1.165) is 5.92 Å². The lowest BCUT2D eigenvalue weighted by molar-refractivity contribution is 0.492. The number of hydrogen-bond donors (Lipinski definition) is 0. The Morgan fingerprint density at radius 2 is 0.850 bits per heavy atom. The monoisotopic (exact) mass is 292 g/mol. The van der Waals surface area contributed by atoms with Gasteiger partial charge in [0, 0.05) is 0 Å². The molecule has 0 aromatic carbocycles. The highest BCUT2D eigenvalue weighted by atomic mass is 14.0. The Balaban J connectivity index is -0.0000000345. The lowest BCUT2D eigenvalue weighted by Gasteiger charge is -2.04. The van der Waals surface area contributed by atoms with Crippen LogP contribution in [-0.2, 0) is 0 Å². The van der Waals surface area contributed by atoms with Crippen LogP contribution in [0.15, 0.2) is 0 Å². The third-order valence-electron chi connectivity index (χ3n) is 1.75. The van der Waals surface area contributed by atoms with Crippen molar-refractivity contribution < 1.29 is 0 Å². The molecular weight excluding hydrogens is 240 g/mol. The molecule has 132 valence electrons. The predicted molar refractivity (Wildman–Crippen MR) is 105 cm³/mol. The van der Waals surface area contributed by atoms with E-state index in [0.29, 0.717) is 0 Å². The summed E-state index contributed by atoms with van der Waals surface area (Å²) in [5, 5.41) is 0. The first kappa shape index (κ1) is 36.8. The second kappa shape index (κ2) is 76.0. The number of unbranched alkanes of at least 4 members (excludes halogenated alkanes) is 1. The van der Waals surface area contributed by atoms with E-state index in [4.69, 9.17) is 0 Å². The molecule has 0 aromatic heterocycles. The summed E-state index contributed by atoms with van der Waals surface area (Å²) in [5.41, 5.74) is 0. The topological polar surface area (TPSA) is 0 Å². The van der Waals surface area contributed by atoms with E-state index in [2.05, 4.69) is 48.5 Å². The van der Waals surface area contributed by atoms with Gasteiger partial charge in [-0.1, -0.05) is 129 Å². The fourth-order valence-corrected chi connectivity index (χ4v) is 0.757. The summed E-state index contributed by atoms with van der Waals surface area (Å²) in [7, 11) is 0. The normalized spacial score (nSPS) is 8.25. The summed E-state index contributed by atoms with van der Waals surface area (Å²) < 4.78 is 0. The standard InChI is InChI=1S/C8H18.2C3H8.3C2H6/c1-4-6-7-8(3)5-2;2*1-3-2;3*1-2/h8H,4-7H2,1-3H3;2*3H2,1-2H3;3*1-2H3. The van der Waals surface area contributed by atoms with Crippen molar-refractivity contribution in [2.24, 2.45) is 5.92 Å². The third kappa shape index (κ3) is 144. The molecular formula is C20H52. The summed E-state index contributed by atoms with van der Waals surface area (Å²) in [5.74, 6) is 0.954. The molecule has 0 amide bonds. The average molecular weight is 293 g/mol. The molecule has 0 N–H and O–H groups in total. The Bertz CT molecular complexity index is 55.1. The molecule has 0 spiro atoms. The first-order valence-corrected chi connectivity index (χ1v) is 9.64. The molecule has 0 nitrogen and oxygen atoms in total. The zero-order valence-electron chi connectivity index (χ0n) is 17.8. The highest BCUT2D eigenvalue weighted by Gasteiger charge is 1.94. The van der Waals surface area contributed by atoms with E-state index in [1.165, 1.54) is 38.5 Å². The van der Waals surface area contributed by atoms with E-state index >= 15 is 0 Å². The van der Waals surface area contributed by atoms with Crippen molar-refractivity contribution in [3.8, 4) is 0 Å². The summed E-state index contributed by atoms with van der Waals surface area (Å²) >= 11 is 0. The SMILES string of the molecule is CC.CC.CC.CCC.CCC.CCCCC(C)CC. The lowest BCUT2D eigenvalue weighted by atomic mass is 10.0. The fourth-order valence-electron chi connectivity index (χ4n) is 0.757. The van der Waals surface area contributed by atoms with Gasteiger partial charge in [0.2, 0.25) is 0 Å². The average Bonchev–Trinajstić information content (AvgIpc) is 2.52. The molecule has 0 saturated carbocycles. The maximum atomic E-state index is 2.33. The van der Waals surface area contributed by atoms with Crippen LogP contribution in [0, 0.1) is 5.92 Å². The van der Waals surface area contributed by atoms with Gasteiger partial charge in [0.05, 0.1) is 0 Å². The highest BCUT2D eigenvalue weighted by Crippen LogP contribution is 2.09. The number of rotatable bonds is 4. The van der Waals surface area contributed by atoms with Crippen LogP contribution in [0.5, 0.6) is 0 Å². The van der Waals surface area contributed by atoms with Crippen LogP contribution in [0.25, 0.3) is 0 Å². The maximum Gasteiger partial charge on any atom is -0.0445 e. The van der Waals surface area contributed by atoms with Gasteiger partial charge in [0.25, 0.3) is 0 Å². The van der Waals surface area contributed by atoms with Gasteiger partial charge in [-0.15, -0.1) is 0 Å². The summed E-state index contributed by atoms with van der Waals surface area (Å²) in [4.78, 5) is 0. The van der Waals surface area contributed by atoms with Crippen LogP contribution in [0.2, 0.25) is 0 Å². The van der Waals surface area contributed by atoms with Crippen LogP contribution in [0.4, 0.5) is 0 Å². The van der Waals surface area contributed by atoms with Crippen LogP contribution in [-0.4, -0.2) is 0 Å². The van der Waals surface area contributed by atoms with E-state index < -0.39 is 0 Å². The Labute approximate surface area is 135 Å². The van der Waals surface area contributed by atoms with Crippen molar-refractivity contribution in [1.29, 1.82) is 0 Å². The third-order valence-corrected chi connectivity index (χ3v) is 1.75. The van der Waals surface area contributed by atoms with Crippen LogP contribution < -0.4 is 0 Å². The minimum atomic E-state index is 0.954. The van der Waals surface area contributed by atoms with Crippen molar-refractivity contribution in [2.45, 2.75) is 129 Å². The van der Waals surface area contributed by atoms with Crippen molar-refractivity contribution in [3.05, 3.63) is 0 Å². The second-order valence-corrected chi connectivity index (χ2v) is 4.07. The van der Waals surface area contributed by atoms with Crippen molar-refractivity contribution in [3.63, 3.8) is 0 Å². The Hall–Kier alpha value is 0. The minimum Gasteiger partial charge on any atom is -0.0683 e. The molecule has 0 aliphatic rings. The molecule has 20 heavy (non-hydrogen) atoms. The van der Waals surface area contributed by atoms with E-state index in [9.17, 15) is 0 Å². The van der Waals surface area contributed by atoms with Crippen molar-refractivity contribution in [1.82, 2.24) is 0 Å². The molecule has 0 fully saturated rings. The first-order chi connectivity index (χ1) is 9.64. The maximum absolute atomic E-state index is 2.33. The smallest absolute Gasteiger partial charge is 0.0445 e. The molecule has 0 heterocycles. The van der Waals surface area contributed by atoms with Gasteiger partial charge in [0.1, 0.15) is 0 Å². The van der Waals surface area contributed by atoms with Crippen LogP contribution in [0.1, 0.15) is 129 Å². The van der Waals surface area contributed by atoms with Gasteiger partial charge < -0.3 is 0 Å². The summed E-state index contributed by atoms with van der Waals surface area (Å²) in [6.45, 7) is 27.3. The molecule has 1 unspecified atom stereocenters. The molecule has 0 aliphatic carbocycles. The summed E-state index contributed by atoms with van der Waals surface area (Å²) in [6, 6.07) is 0. The Morgan fingerprint density at radius 1 is 0.600 bits per heavy atom. The van der Waals surface area contributed by atoms with Gasteiger partial charge in [-0.25, -0.2) is 0 Å². The summed E-state index contributed by atoms with van der Waals surface area (Å²) in [6.07, 6.45) is 8.03. The van der Waals surface area contributed by atoms with Crippen LogP contribution >= 0.6 is 0 Å². The largest absolute Gasteiger partial charge is 0.0683 e. The van der Waals surface area contributed by atoms with Gasteiger partial charge in [-0.2, -0.15) is 0 Å². The van der Waals surface area contributed by atoms with Gasteiger partial charge >= 0.3 is 0 Å². The first-order valence-electron chi connectivity index (χ1n) is 9.64. The lowest BCUT2D eigenvalue weighted by Crippen LogP contribution is -1.89. The van der Waals surface area contributed by atoms with E-state index in [1.54, 1.807) is 0 Å². The van der Waals surface area contributed by atoms with Crippen LogP contribution in [0.3, 0.4) is 0 Å². The van der Waals surface area contributed by atoms with E-state index in [-0.39, 0.29) is 0 Å². The minimum absolute atomic E-state index is 0.954. The number of hydrogen-bond acceptors (Lipinski definition) is 0. The molecule has 0 aromatic rings. The van der Waals surface area contributed by atoms with Crippen molar-refractivity contribution in [2.75, 3.05) is 0 Å². The quantitative estimate of drug-likeness (QED) is 0.484.